The van der Waals surface area contributed by atoms with E-state index in [2.05, 4.69) is 12.1 Å². The molecular weight excluding hydrogens is 360 g/mol. The Labute approximate surface area is 164 Å². The fraction of sp³-hybridized carbons (Fsp3) is 0.381. The van der Waals surface area contributed by atoms with Gasteiger partial charge < -0.3 is 14.4 Å². The van der Waals surface area contributed by atoms with Crippen molar-refractivity contribution in [1.82, 2.24) is 4.90 Å². The van der Waals surface area contributed by atoms with E-state index in [4.69, 9.17) is 9.47 Å². The van der Waals surface area contributed by atoms with Crippen LogP contribution in [0.3, 0.4) is 0 Å². The van der Waals surface area contributed by atoms with Crippen LogP contribution in [0.1, 0.15) is 18.4 Å². The van der Waals surface area contributed by atoms with Crippen molar-refractivity contribution in [3.05, 3.63) is 64.2 Å². The normalized spacial score (nSPS) is 14.5. The number of nitrogens with zero attached hydrogens (tertiary/aromatic N) is 2. The van der Waals surface area contributed by atoms with Gasteiger partial charge in [-0.2, -0.15) is 0 Å². The van der Waals surface area contributed by atoms with Gasteiger partial charge in [-0.15, -0.1) is 0 Å². The summed E-state index contributed by atoms with van der Waals surface area (Å²) < 4.78 is 10.6. The summed E-state index contributed by atoms with van der Waals surface area (Å²) in [6.45, 7) is 1.17. The Bertz CT molecular complexity index is 814. The molecule has 148 valence electrons. The number of carbonyl (C=O) groups is 1. The monoisotopic (exact) mass is 384 g/mol. The summed E-state index contributed by atoms with van der Waals surface area (Å²) in [6.07, 6.45) is 2.85. The maximum Gasteiger partial charge on any atom is 0.310 e. The van der Waals surface area contributed by atoms with E-state index in [0.717, 1.165) is 25.0 Å². The van der Waals surface area contributed by atoms with Crippen LogP contribution in [0.2, 0.25) is 0 Å². The smallest absolute Gasteiger partial charge is 0.310 e. The number of nitro benzene ring substituents is 1. The number of carbonyl (C=O) groups excluding carboxylic acids is 1. The van der Waals surface area contributed by atoms with Gasteiger partial charge in [0.25, 0.3) is 5.91 Å². The highest BCUT2D eigenvalue weighted by Crippen LogP contribution is 2.26. The summed E-state index contributed by atoms with van der Waals surface area (Å²) in [7, 11) is 1.65. The van der Waals surface area contributed by atoms with Gasteiger partial charge in [0.05, 0.1) is 12.0 Å². The van der Waals surface area contributed by atoms with Crippen molar-refractivity contribution in [2.75, 3.05) is 26.8 Å². The first-order chi connectivity index (χ1) is 13.6. The lowest BCUT2D eigenvalue weighted by molar-refractivity contribution is -0.385. The Kier molecular flexibility index (Phi) is 6.47. The Balaban J connectivity index is 1.46. The molecule has 0 saturated carbocycles. The van der Waals surface area contributed by atoms with Crippen LogP contribution in [0.25, 0.3) is 0 Å². The van der Waals surface area contributed by atoms with E-state index in [1.165, 1.54) is 17.7 Å². The van der Waals surface area contributed by atoms with Crippen molar-refractivity contribution in [3.8, 4) is 11.5 Å². The van der Waals surface area contributed by atoms with Crippen molar-refractivity contribution in [1.29, 1.82) is 0 Å². The summed E-state index contributed by atoms with van der Waals surface area (Å²) in [6, 6.07) is 14.2. The maximum atomic E-state index is 12.4. The van der Waals surface area contributed by atoms with Crippen LogP contribution in [-0.2, 0) is 11.2 Å². The van der Waals surface area contributed by atoms with Gasteiger partial charge in [-0.25, -0.2) is 0 Å². The second kappa shape index (κ2) is 9.21. The van der Waals surface area contributed by atoms with E-state index < -0.39 is 4.92 Å². The molecule has 3 rings (SSSR count). The molecular formula is C21H24N2O5. The van der Waals surface area contributed by atoms with E-state index in [1.54, 1.807) is 24.1 Å². The maximum absolute atomic E-state index is 12.4. The Morgan fingerprint density at radius 1 is 1.14 bits per heavy atom. The zero-order chi connectivity index (χ0) is 19.9. The number of para-hydroxylation sites is 2. The first-order valence-electron chi connectivity index (χ1n) is 9.33. The lowest BCUT2D eigenvalue weighted by atomic mass is 9.90. The number of hydrogen-bond acceptors (Lipinski definition) is 5. The lowest BCUT2D eigenvalue weighted by Crippen LogP contribution is -2.41. The number of likely N-dealkylation sites (tertiary alicyclic amines) is 1. The van der Waals surface area contributed by atoms with Crippen LogP contribution in [0.4, 0.5) is 5.69 Å². The van der Waals surface area contributed by atoms with Crippen molar-refractivity contribution in [2.45, 2.75) is 19.3 Å². The van der Waals surface area contributed by atoms with E-state index in [-0.39, 0.29) is 24.0 Å². The zero-order valence-electron chi connectivity index (χ0n) is 15.9. The molecule has 0 unspecified atom stereocenters. The number of rotatable bonds is 7. The van der Waals surface area contributed by atoms with E-state index in [0.29, 0.717) is 19.0 Å². The van der Waals surface area contributed by atoms with Gasteiger partial charge in [-0.05, 0) is 48.9 Å². The number of nitro groups is 1. The molecule has 2 aromatic carbocycles. The molecule has 7 nitrogen and oxygen atoms in total. The molecule has 0 radical (unpaired) electrons. The Hall–Kier alpha value is -3.09. The van der Waals surface area contributed by atoms with Gasteiger partial charge in [0.2, 0.25) is 0 Å². The van der Waals surface area contributed by atoms with Crippen molar-refractivity contribution in [2.24, 2.45) is 5.92 Å². The summed E-state index contributed by atoms with van der Waals surface area (Å²) in [4.78, 5) is 24.7. The zero-order valence-corrected chi connectivity index (χ0v) is 15.9. The standard InChI is InChI=1S/C21H24N2O5/c1-27-18-8-6-16(7-9-18)14-17-10-12-22(13-11-17)21(24)15-28-20-5-3-2-4-19(20)23(25)26/h2-9,17H,10-15H2,1H3. The Morgan fingerprint density at radius 3 is 2.46 bits per heavy atom. The predicted octanol–water partition coefficient (Wildman–Crippen LogP) is 3.46. The van der Waals surface area contributed by atoms with Crippen LogP contribution < -0.4 is 9.47 Å². The van der Waals surface area contributed by atoms with Gasteiger partial charge in [0.15, 0.2) is 12.4 Å². The van der Waals surface area contributed by atoms with Crippen LogP contribution >= 0.6 is 0 Å². The summed E-state index contributed by atoms with van der Waals surface area (Å²) in [5, 5.41) is 11.0. The molecule has 0 spiro atoms. The van der Waals surface area contributed by atoms with Crippen LogP contribution in [0.5, 0.6) is 11.5 Å². The third-order valence-corrected chi connectivity index (χ3v) is 5.06. The highest BCUT2D eigenvalue weighted by Gasteiger charge is 2.24. The van der Waals surface area contributed by atoms with Crippen LogP contribution in [0.15, 0.2) is 48.5 Å². The summed E-state index contributed by atoms with van der Waals surface area (Å²) >= 11 is 0. The third kappa shape index (κ3) is 5.00. The minimum Gasteiger partial charge on any atom is -0.497 e. The van der Waals surface area contributed by atoms with Gasteiger partial charge in [-0.1, -0.05) is 24.3 Å². The Morgan fingerprint density at radius 2 is 1.82 bits per heavy atom. The number of hydrogen-bond donors (Lipinski definition) is 0. The largest absolute Gasteiger partial charge is 0.497 e. The van der Waals surface area contributed by atoms with Gasteiger partial charge in [0, 0.05) is 19.2 Å². The van der Waals surface area contributed by atoms with Gasteiger partial charge in [-0.3, -0.25) is 14.9 Å². The average Bonchev–Trinajstić information content (AvgIpc) is 2.73. The molecule has 1 fully saturated rings. The lowest BCUT2D eigenvalue weighted by Gasteiger charge is -2.32. The number of benzene rings is 2. The average molecular weight is 384 g/mol. The second-order valence-corrected chi connectivity index (χ2v) is 6.89. The summed E-state index contributed by atoms with van der Waals surface area (Å²) in [5.41, 5.74) is 1.14. The van der Waals surface area contributed by atoms with E-state index in [9.17, 15) is 14.9 Å². The van der Waals surface area contributed by atoms with Crippen molar-refractivity contribution in [3.63, 3.8) is 0 Å². The topological polar surface area (TPSA) is 81.9 Å². The van der Waals surface area contributed by atoms with Crippen LogP contribution in [0, 0.1) is 16.0 Å². The molecule has 0 atom stereocenters. The molecule has 0 bridgehead atoms. The van der Waals surface area contributed by atoms with Crippen molar-refractivity contribution >= 4 is 11.6 Å². The predicted molar refractivity (Wildman–Crippen MR) is 105 cm³/mol. The second-order valence-electron chi connectivity index (χ2n) is 6.89. The molecule has 28 heavy (non-hydrogen) atoms. The number of methoxy groups -OCH3 is 1. The number of ether oxygens (including phenoxy) is 2. The number of amides is 1. The molecule has 1 saturated heterocycles. The molecule has 1 heterocycles. The molecule has 2 aromatic rings. The van der Waals surface area contributed by atoms with Crippen LogP contribution in [-0.4, -0.2) is 42.5 Å². The first kappa shape index (κ1) is 19.7. The minimum absolute atomic E-state index is 0.121. The number of piperidine rings is 1. The third-order valence-electron chi connectivity index (χ3n) is 5.06. The molecule has 0 N–H and O–H groups in total. The molecule has 0 aromatic heterocycles. The summed E-state index contributed by atoms with van der Waals surface area (Å²) in [5.74, 6) is 1.37. The fourth-order valence-electron chi connectivity index (χ4n) is 3.44. The SMILES string of the molecule is COc1ccc(CC2CCN(C(=O)COc3ccccc3[N+](=O)[O-])CC2)cc1. The fourth-order valence-corrected chi connectivity index (χ4v) is 3.44. The molecule has 7 heteroatoms. The van der Waals surface area contributed by atoms with Gasteiger partial charge in [0.1, 0.15) is 5.75 Å². The highest BCUT2D eigenvalue weighted by molar-refractivity contribution is 5.78. The molecule has 1 aliphatic heterocycles. The minimum atomic E-state index is -0.509. The van der Waals surface area contributed by atoms with E-state index >= 15 is 0 Å². The first-order valence-corrected chi connectivity index (χ1v) is 9.33. The highest BCUT2D eigenvalue weighted by atomic mass is 16.6. The molecule has 1 aliphatic rings. The molecule has 0 aliphatic carbocycles. The van der Waals surface area contributed by atoms with Crippen molar-refractivity contribution < 1.29 is 19.2 Å². The van der Waals surface area contributed by atoms with E-state index in [1.807, 2.05) is 12.1 Å². The molecule has 1 amide bonds. The quantitative estimate of drug-likeness (QED) is 0.539. The van der Waals surface area contributed by atoms with Gasteiger partial charge >= 0.3 is 5.69 Å².